The second-order valence-corrected chi connectivity index (χ2v) is 4.55. The number of benzene rings is 1. The molecule has 1 aromatic carbocycles. The Morgan fingerprint density at radius 3 is 2.26 bits per heavy atom. The zero-order valence-electron chi connectivity index (χ0n) is 10.9. The van der Waals surface area contributed by atoms with Crippen LogP contribution in [0.3, 0.4) is 0 Å². The van der Waals surface area contributed by atoms with E-state index in [1.54, 1.807) is 0 Å². The number of carbonyl (C=O) groups excluding carboxylic acids is 1. The van der Waals surface area contributed by atoms with Crippen molar-refractivity contribution >= 4 is 11.8 Å². The fraction of sp³-hybridized carbons (Fsp3) is 0.214. The minimum atomic E-state index is -1.49. The number of Topliss-reactive ketones (excluding diaryl/α,β-unsaturated/α-hetero) is 1. The molecule has 5 heteroatoms. The summed E-state index contributed by atoms with van der Waals surface area (Å²) in [6.07, 6.45) is 1.25. The van der Waals surface area contributed by atoms with Crippen molar-refractivity contribution in [3.63, 3.8) is 0 Å². The van der Waals surface area contributed by atoms with Crippen molar-refractivity contribution in [3.05, 3.63) is 40.7 Å². The Labute approximate surface area is 110 Å². The molecule has 19 heavy (non-hydrogen) atoms. The fourth-order valence-corrected chi connectivity index (χ4v) is 2.23. The van der Waals surface area contributed by atoms with E-state index < -0.39 is 11.8 Å². The average Bonchev–Trinajstić information content (AvgIpc) is 2.75. The zero-order valence-corrected chi connectivity index (χ0v) is 10.9. The lowest BCUT2D eigenvalue weighted by Crippen LogP contribution is -2.12. The van der Waals surface area contributed by atoms with Crippen LogP contribution in [0.2, 0.25) is 0 Å². The molecule has 0 unspecified atom stereocenters. The highest BCUT2D eigenvalue weighted by Gasteiger charge is 2.18. The second-order valence-electron chi connectivity index (χ2n) is 4.55. The number of carbonyl (C=O) groups is 2. The lowest BCUT2D eigenvalue weighted by molar-refractivity contribution is -0.131. The van der Waals surface area contributed by atoms with Crippen LogP contribution in [-0.4, -0.2) is 26.8 Å². The number of aryl methyl sites for hydroxylation is 3. The number of ketones is 1. The van der Waals surface area contributed by atoms with E-state index in [0.29, 0.717) is 5.82 Å². The quantitative estimate of drug-likeness (QED) is 0.653. The average molecular weight is 258 g/mol. The van der Waals surface area contributed by atoms with Crippen molar-refractivity contribution in [2.45, 2.75) is 20.8 Å². The predicted octanol–water partition coefficient (Wildman–Crippen LogP) is 2.27. The summed E-state index contributed by atoms with van der Waals surface area (Å²) in [6, 6.07) is 4.03. The standard InChI is InChI=1S/C14H14N2O3/c1-7-4-8(2)11(9(3)5-7)13-15-6-10(16-13)12(17)14(18)19/h4-6H,1-3H3,(H,15,16)(H,18,19). The molecule has 1 aromatic heterocycles. The van der Waals surface area contributed by atoms with Crippen molar-refractivity contribution in [1.29, 1.82) is 0 Å². The molecule has 0 fully saturated rings. The summed E-state index contributed by atoms with van der Waals surface area (Å²) in [5, 5.41) is 8.66. The van der Waals surface area contributed by atoms with Crippen molar-refractivity contribution in [2.75, 3.05) is 0 Å². The first-order chi connectivity index (χ1) is 8.90. The van der Waals surface area contributed by atoms with E-state index in [-0.39, 0.29) is 5.69 Å². The monoisotopic (exact) mass is 258 g/mol. The highest BCUT2D eigenvalue weighted by atomic mass is 16.4. The maximum Gasteiger partial charge on any atom is 0.378 e. The van der Waals surface area contributed by atoms with Gasteiger partial charge in [0.15, 0.2) is 0 Å². The van der Waals surface area contributed by atoms with E-state index in [4.69, 9.17) is 5.11 Å². The number of carboxylic acids is 1. The normalized spacial score (nSPS) is 10.5. The summed E-state index contributed by atoms with van der Waals surface area (Å²) in [5.74, 6) is -1.96. The summed E-state index contributed by atoms with van der Waals surface area (Å²) >= 11 is 0. The van der Waals surface area contributed by atoms with E-state index in [0.717, 1.165) is 22.3 Å². The smallest absolute Gasteiger partial charge is 0.378 e. The molecule has 2 aromatic rings. The maximum absolute atomic E-state index is 11.3. The van der Waals surface area contributed by atoms with Crippen LogP contribution in [0.4, 0.5) is 0 Å². The van der Waals surface area contributed by atoms with Crippen molar-refractivity contribution < 1.29 is 14.7 Å². The van der Waals surface area contributed by atoms with Gasteiger partial charge in [-0.3, -0.25) is 4.79 Å². The molecule has 0 atom stereocenters. The third-order valence-corrected chi connectivity index (χ3v) is 2.93. The molecule has 0 aliphatic carbocycles. The summed E-state index contributed by atoms with van der Waals surface area (Å²) in [5.41, 5.74) is 4.09. The van der Waals surface area contributed by atoms with E-state index >= 15 is 0 Å². The van der Waals surface area contributed by atoms with Gasteiger partial charge in [-0.05, 0) is 31.9 Å². The van der Waals surface area contributed by atoms with Gasteiger partial charge in [0, 0.05) is 5.56 Å². The van der Waals surface area contributed by atoms with Gasteiger partial charge in [-0.2, -0.15) is 0 Å². The van der Waals surface area contributed by atoms with Crippen LogP contribution < -0.4 is 0 Å². The van der Waals surface area contributed by atoms with E-state index in [9.17, 15) is 9.59 Å². The topological polar surface area (TPSA) is 83.1 Å². The summed E-state index contributed by atoms with van der Waals surface area (Å²) in [7, 11) is 0. The number of hydrogen-bond acceptors (Lipinski definition) is 3. The first-order valence-electron chi connectivity index (χ1n) is 5.81. The number of H-pyrrole nitrogens is 1. The number of rotatable bonds is 3. The van der Waals surface area contributed by atoms with Gasteiger partial charge in [0.25, 0.3) is 5.78 Å². The van der Waals surface area contributed by atoms with Crippen molar-refractivity contribution in [3.8, 4) is 11.4 Å². The van der Waals surface area contributed by atoms with Crippen LogP contribution in [0.5, 0.6) is 0 Å². The number of aromatic nitrogens is 2. The molecular formula is C14H14N2O3. The Morgan fingerprint density at radius 2 is 1.74 bits per heavy atom. The summed E-state index contributed by atoms with van der Waals surface area (Å²) in [6.45, 7) is 5.92. The molecule has 98 valence electrons. The molecule has 2 N–H and O–H groups in total. The number of aliphatic carboxylic acids is 1. The number of nitrogens with one attached hydrogen (secondary N) is 1. The van der Waals surface area contributed by atoms with Crippen LogP contribution in [-0.2, 0) is 4.79 Å². The Bertz CT molecular complexity index is 648. The van der Waals surface area contributed by atoms with Gasteiger partial charge in [-0.25, -0.2) is 9.78 Å². The first-order valence-corrected chi connectivity index (χ1v) is 5.81. The van der Waals surface area contributed by atoms with Crippen LogP contribution in [0.15, 0.2) is 18.3 Å². The van der Waals surface area contributed by atoms with Gasteiger partial charge in [0.05, 0.1) is 6.20 Å². The number of hydrogen-bond donors (Lipinski definition) is 2. The van der Waals surface area contributed by atoms with Crippen LogP contribution in [0.1, 0.15) is 27.2 Å². The van der Waals surface area contributed by atoms with Gasteiger partial charge in [0.2, 0.25) is 0 Å². The lowest BCUT2D eigenvalue weighted by atomic mass is 9.99. The van der Waals surface area contributed by atoms with E-state index in [1.165, 1.54) is 6.20 Å². The molecule has 5 nitrogen and oxygen atoms in total. The van der Waals surface area contributed by atoms with Crippen LogP contribution in [0.25, 0.3) is 11.4 Å². The summed E-state index contributed by atoms with van der Waals surface area (Å²) < 4.78 is 0. The minimum Gasteiger partial charge on any atom is -0.475 e. The van der Waals surface area contributed by atoms with Crippen LogP contribution in [0, 0.1) is 20.8 Å². The summed E-state index contributed by atoms with van der Waals surface area (Å²) in [4.78, 5) is 28.8. The molecule has 0 saturated heterocycles. The fourth-order valence-electron chi connectivity index (χ4n) is 2.23. The second kappa shape index (κ2) is 4.68. The number of nitrogens with zero attached hydrogens (tertiary/aromatic N) is 1. The number of carboxylic acid groups (broad SMARTS) is 1. The minimum absolute atomic E-state index is 0.0122. The van der Waals surface area contributed by atoms with Gasteiger partial charge in [-0.15, -0.1) is 0 Å². The lowest BCUT2D eigenvalue weighted by Gasteiger charge is -2.08. The highest BCUT2D eigenvalue weighted by molar-refractivity contribution is 6.39. The Morgan fingerprint density at radius 1 is 1.16 bits per heavy atom. The maximum atomic E-state index is 11.3. The third kappa shape index (κ3) is 2.40. The van der Waals surface area contributed by atoms with Gasteiger partial charge < -0.3 is 10.1 Å². The Hall–Kier alpha value is -2.43. The molecule has 0 saturated carbocycles. The predicted molar refractivity (Wildman–Crippen MR) is 70.2 cm³/mol. The third-order valence-electron chi connectivity index (χ3n) is 2.93. The number of imidazole rings is 1. The van der Waals surface area contributed by atoms with E-state index in [1.807, 2.05) is 32.9 Å². The molecule has 1 heterocycles. The van der Waals surface area contributed by atoms with Gasteiger partial charge in [0.1, 0.15) is 11.5 Å². The molecule has 0 amide bonds. The molecule has 0 spiro atoms. The zero-order chi connectivity index (χ0) is 14.2. The Balaban J connectivity index is 2.50. The molecule has 0 aliphatic heterocycles. The van der Waals surface area contributed by atoms with E-state index in [2.05, 4.69) is 9.97 Å². The van der Waals surface area contributed by atoms with Crippen molar-refractivity contribution in [1.82, 2.24) is 9.97 Å². The Kier molecular flexibility index (Phi) is 3.21. The number of aromatic amines is 1. The molecule has 2 rings (SSSR count). The van der Waals surface area contributed by atoms with Crippen molar-refractivity contribution in [2.24, 2.45) is 0 Å². The molecule has 0 aliphatic rings. The SMILES string of the molecule is Cc1cc(C)c(-c2ncc(C(=O)C(=O)O)[nH]2)c(C)c1. The first kappa shape index (κ1) is 13.0. The molecule has 0 bridgehead atoms. The highest BCUT2D eigenvalue weighted by Crippen LogP contribution is 2.26. The molecule has 0 radical (unpaired) electrons. The van der Waals surface area contributed by atoms with Crippen LogP contribution >= 0.6 is 0 Å². The van der Waals surface area contributed by atoms with Gasteiger partial charge >= 0.3 is 5.97 Å². The van der Waals surface area contributed by atoms with Gasteiger partial charge in [-0.1, -0.05) is 17.7 Å². The molecular weight excluding hydrogens is 244 g/mol. The largest absolute Gasteiger partial charge is 0.475 e.